The number of esters is 2. The molecule has 4 N–H and O–H groups in total. The third kappa shape index (κ3) is 6.59. The first-order chi connectivity index (χ1) is 13.8. The van der Waals surface area contributed by atoms with Gasteiger partial charge in [0.2, 0.25) is 0 Å². The van der Waals surface area contributed by atoms with Gasteiger partial charge in [-0.05, 0) is 32.4 Å². The number of carbonyl (C=O) groups excluding carboxylic acids is 2. The van der Waals surface area contributed by atoms with E-state index in [-0.39, 0.29) is 36.7 Å². The highest BCUT2D eigenvalue weighted by molar-refractivity contribution is 6.31. The summed E-state index contributed by atoms with van der Waals surface area (Å²) in [6.07, 6.45) is 0. The fourth-order valence-electron chi connectivity index (χ4n) is 2.87. The predicted octanol–water partition coefficient (Wildman–Crippen LogP) is 2.68. The van der Waals surface area contributed by atoms with E-state index in [1.54, 1.807) is 45.0 Å². The van der Waals surface area contributed by atoms with Gasteiger partial charge in [-0.3, -0.25) is 0 Å². The molecule has 0 amide bonds. The molecule has 1 aromatic carbocycles. The summed E-state index contributed by atoms with van der Waals surface area (Å²) in [7, 11) is 1.27. The highest BCUT2D eigenvalue weighted by Gasteiger charge is 2.35. The second-order valence-electron chi connectivity index (χ2n) is 6.36. The fourth-order valence-corrected chi connectivity index (χ4v) is 3.12. The van der Waals surface area contributed by atoms with E-state index in [4.69, 9.17) is 37.3 Å². The van der Waals surface area contributed by atoms with Gasteiger partial charge in [0.25, 0.3) is 0 Å². The number of nitrogens with two attached hydrogens (primary N) is 2. The van der Waals surface area contributed by atoms with Crippen molar-refractivity contribution >= 4 is 23.5 Å². The normalized spacial score (nSPS) is 12.6. The van der Waals surface area contributed by atoms with Crippen LogP contribution in [0.4, 0.5) is 0 Å². The van der Waals surface area contributed by atoms with E-state index >= 15 is 0 Å². The van der Waals surface area contributed by atoms with E-state index in [0.29, 0.717) is 22.7 Å². The Kier molecular flexibility index (Phi) is 10.4. The van der Waals surface area contributed by atoms with Crippen molar-refractivity contribution in [1.29, 1.82) is 0 Å². The zero-order valence-corrected chi connectivity index (χ0v) is 18.0. The molecule has 0 aliphatic rings. The molecule has 1 unspecified atom stereocenters. The maximum atomic E-state index is 12.9. The minimum atomic E-state index is -0.887. The zero-order valence-electron chi connectivity index (χ0n) is 17.3. The number of rotatable bonds is 10. The quantitative estimate of drug-likeness (QED) is 0.337. The number of hydrogen-bond donors (Lipinski definition) is 2. The molecule has 1 rings (SSSR count). The lowest BCUT2D eigenvalue weighted by Gasteiger charge is -2.25. The van der Waals surface area contributed by atoms with E-state index in [9.17, 15) is 9.59 Å². The van der Waals surface area contributed by atoms with Crippen molar-refractivity contribution in [3.8, 4) is 0 Å². The molecule has 0 saturated heterocycles. The van der Waals surface area contributed by atoms with Crippen molar-refractivity contribution in [2.45, 2.75) is 26.7 Å². The molecule has 0 heterocycles. The van der Waals surface area contributed by atoms with Crippen LogP contribution in [0.1, 0.15) is 32.3 Å². The Morgan fingerprint density at radius 2 is 1.79 bits per heavy atom. The van der Waals surface area contributed by atoms with Gasteiger partial charge in [0.1, 0.15) is 0 Å². The average Bonchev–Trinajstić information content (AvgIpc) is 2.67. The first-order valence-corrected chi connectivity index (χ1v) is 9.61. The van der Waals surface area contributed by atoms with Crippen molar-refractivity contribution in [2.24, 2.45) is 11.5 Å². The molecular weight excluding hydrogens is 396 g/mol. The maximum Gasteiger partial charge on any atom is 0.336 e. The summed E-state index contributed by atoms with van der Waals surface area (Å²) < 4.78 is 15.6. The second kappa shape index (κ2) is 12.3. The lowest BCUT2D eigenvalue weighted by Crippen LogP contribution is -2.27. The Labute approximate surface area is 176 Å². The lowest BCUT2D eigenvalue weighted by molar-refractivity contribution is -0.139. The smallest absolute Gasteiger partial charge is 0.336 e. The van der Waals surface area contributed by atoms with Crippen LogP contribution in [0.3, 0.4) is 0 Å². The number of ether oxygens (including phenoxy) is 3. The largest absolute Gasteiger partial charge is 0.466 e. The average molecular weight is 425 g/mol. The molecule has 1 atom stereocenters. The molecule has 0 fully saturated rings. The van der Waals surface area contributed by atoms with Gasteiger partial charge in [0.05, 0.1) is 38.4 Å². The molecule has 0 spiro atoms. The summed E-state index contributed by atoms with van der Waals surface area (Å²) in [6.45, 7) is 5.83. The van der Waals surface area contributed by atoms with Gasteiger partial charge < -0.3 is 25.7 Å². The van der Waals surface area contributed by atoms with Crippen LogP contribution in [0.15, 0.2) is 46.7 Å². The van der Waals surface area contributed by atoms with Crippen LogP contribution in [-0.4, -0.2) is 45.4 Å². The van der Waals surface area contributed by atoms with Gasteiger partial charge in [-0.2, -0.15) is 0 Å². The predicted molar refractivity (Wildman–Crippen MR) is 112 cm³/mol. The summed E-state index contributed by atoms with van der Waals surface area (Å²) in [6, 6.07) is 6.92. The van der Waals surface area contributed by atoms with Gasteiger partial charge in [-0.15, -0.1) is 0 Å². The van der Waals surface area contributed by atoms with Gasteiger partial charge in [-0.1, -0.05) is 35.4 Å². The monoisotopic (exact) mass is 424 g/mol. The van der Waals surface area contributed by atoms with Crippen molar-refractivity contribution in [3.63, 3.8) is 0 Å². The summed E-state index contributed by atoms with van der Waals surface area (Å²) >= 11 is 6.43. The molecule has 8 heteroatoms. The standard InChI is InChI=1S/C21H29ClN2O5/c1-5-29-21(26)19(16(24)12-28-11-10-23)18(14-8-6-7-9-15(14)22)17(13(2)3)20(25)27-4/h6-9,18H,5,10-12,23-24H2,1-4H3/b19-16+. The van der Waals surface area contributed by atoms with Crippen molar-refractivity contribution in [3.05, 3.63) is 57.3 Å². The Morgan fingerprint density at radius 1 is 1.14 bits per heavy atom. The van der Waals surface area contributed by atoms with E-state index < -0.39 is 17.9 Å². The summed E-state index contributed by atoms with van der Waals surface area (Å²) in [5.41, 5.74) is 13.4. The van der Waals surface area contributed by atoms with Crippen LogP contribution in [0, 0.1) is 0 Å². The summed E-state index contributed by atoms with van der Waals surface area (Å²) in [5, 5.41) is 0.373. The van der Waals surface area contributed by atoms with Crippen molar-refractivity contribution in [1.82, 2.24) is 0 Å². The van der Waals surface area contributed by atoms with Crippen LogP contribution in [0.2, 0.25) is 5.02 Å². The number of halogens is 1. The molecule has 29 heavy (non-hydrogen) atoms. The van der Waals surface area contributed by atoms with Gasteiger partial charge in [0.15, 0.2) is 0 Å². The van der Waals surface area contributed by atoms with Gasteiger partial charge in [0, 0.05) is 22.8 Å². The van der Waals surface area contributed by atoms with Crippen LogP contribution >= 0.6 is 11.6 Å². The van der Waals surface area contributed by atoms with Gasteiger partial charge >= 0.3 is 11.9 Å². The topological polar surface area (TPSA) is 114 Å². The molecular formula is C21H29ClN2O5. The Morgan fingerprint density at radius 3 is 2.31 bits per heavy atom. The third-order valence-corrected chi connectivity index (χ3v) is 4.44. The number of carbonyl (C=O) groups is 2. The van der Waals surface area contributed by atoms with Gasteiger partial charge in [-0.25, -0.2) is 9.59 Å². The Bertz CT molecular complexity index is 785. The van der Waals surface area contributed by atoms with Crippen LogP contribution in [0.25, 0.3) is 0 Å². The zero-order chi connectivity index (χ0) is 22.0. The van der Waals surface area contributed by atoms with Crippen molar-refractivity contribution in [2.75, 3.05) is 33.5 Å². The van der Waals surface area contributed by atoms with E-state index in [1.807, 2.05) is 0 Å². The molecule has 1 aromatic rings. The van der Waals surface area contributed by atoms with Crippen LogP contribution in [0.5, 0.6) is 0 Å². The first-order valence-electron chi connectivity index (χ1n) is 9.23. The molecule has 0 aliphatic carbocycles. The van der Waals surface area contributed by atoms with E-state index in [0.717, 1.165) is 0 Å². The van der Waals surface area contributed by atoms with Crippen LogP contribution < -0.4 is 11.5 Å². The maximum absolute atomic E-state index is 12.9. The van der Waals surface area contributed by atoms with Crippen molar-refractivity contribution < 1.29 is 23.8 Å². The number of allylic oxidation sites excluding steroid dienone is 1. The summed E-state index contributed by atoms with van der Waals surface area (Å²) in [4.78, 5) is 25.6. The molecule has 0 aromatic heterocycles. The number of methoxy groups -OCH3 is 1. The number of hydrogen-bond acceptors (Lipinski definition) is 7. The molecule has 7 nitrogen and oxygen atoms in total. The van der Waals surface area contributed by atoms with E-state index in [1.165, 1.54) is 7.11 Å². The third-order valence-electron chi connectivity index (χ3n) is 4.10. The molecule has 0 aliphatic heterocycles. The molecule has 0 bridgehead atoms. The SMILES string of the molecule is CCOC(=O)/C(=C(/N)COCCN)C(C(C(=O)OC)=C(C)C)c1ccccc1Cl. The first kappa shape index (κ1) is 24.7. The van der Waals surface area contributed by atoms with Crippen LogP contribution in [-0.2, 0) is 23.8 Å². The fraction of sp³-hybridized carbons (Fsp3) is 0.429. The highest BCUT2D eigenvalue weighted by atomic mass is 35.5. The van der Waals surface area contributed by atoms with E-state index in [2.05, 4.69) is 0 Å². The Hall–Kier alpha value is -2.35. The summed E-state index contributed by atoms with van der Waals surface area (Å²) in [5.74, 6) is -2.14. The number of benzene rings is 1. The minimum Gasteiger partial charge on any atom is -0.466 e. The molecule has 0 radical (unpaired) electrons. The highest BCUT2D eigenvalue weighted by Crippen LogP contribution is 2.39. The molecule has 0 saturated carbocycles. The minimum absolute atomic E-state index is 0.0521. The Balaban J connectivity index is 3.79. The second-order valence-corrected chi connectivity index (χ2v) is 6.77. The lowest BCUT2D eigenvalue weighted by atomic mass is 9.81. The molecule has 160 valence electrons.